The van der Waals surface area contributed by atoms with Gasteiger partial charge in [-0.25, -0.2) is 4.98 Å². The predicted molar refractivity (Wildman–Crippen MR) is 78.8 cm³/mol. The summed E-state index contributed by atoms with van der Waals surface area (Å²) in [5.74, 6) is 2.27. The molecule has 2 aliphatic rings. The van der Waals surface area contributed by atoms with E-state index in [9.17, 15) is 4.79 Å². The molecule has 0 radical (unpaired) electrons. The van der Waals surface area contributed by atoms with Crippen LogP contribution in [0.15, 0.2) is 36.7 Å². The zero-order valence-corrected chi connectivity index (χ0v) is 12.1. The van der Waals surface area contributed by atoms with Crippen molar-refractivity contribution in [3.05, 3.63) is 42.5 Å². The first-order valence-corrected chi connectivity index (χ1v) is 7.48. The molecule has 0 saturated carbocycles. The molecule has 1 N–H and O–H groups in total. The van der Waals surface area contributed by atoms with Crippen LogP contribution in [-0.2, 0) is 17.8 Å². The third kappa shape index (κ3) is 2.41. The Balaban J connectivity index is 1.39. The molecule has 114 valence electrons. The van der Waals surface area contributed by atoms with Gasteiger partial charge in [-0.3, -0.25) is 4.79 Å². The SMILES string of the molecule is O=C(N[C@@H]1CCc2nccn2C1)[C@@H]1COc2ccccc2O1. The van der Waals surface area contributed by atoms with E-state index >= 15 is 0 Å². The molecule has 0 bridgehead atoms. The molecule has 0 saturated heterocycles. The number of aromatic nitrogens is 2. The number of amides is 1. The second kappa shape index (κ2) is 5.36. The van der Waals surface area contributed by atoms with Gasteiger partial charge in [-0.1, -0.05) is 12.1 Å². The summed E-state index contributed by atoms with van der Waals surface area (Å²) in [5.41, 5.74) is 0. The molecule has 0 unspecified atom stereocenters. The van der Waals surface area contributed by atoms with Crippen molar-refractivity contribution < 1.29 is 14.3 Å². The Labute approximate surface area is 128 Å². The van der Waals surface area contributed by atoms with E-state index in [1.165, 1.54) is 0 Å². The molecule has 1 aromatic heterocycles. The fourth-order valence-corrected chi connectivity index (χ4v) is 2.93. The number of aryl methyl sites for hydroxylation is 1. The Bertz CT molecular complexity index is 697. The maximum absolute atomic E-state index is 12.4. The average molecular weight is 299 g/mol. The molecule has 3 heterocycles. The van der Waals surface area contributed by atoms with Crippen LogP contribution in [0.1, 0.15) is 12.2 Å². The van der Waals surface area contributed by atoms with Gasteiger partial charge in [-0.15, -0.1) is 0 Å². The van der Waals surface area contributed by atoms with Gasteiger partial charge in [-0.05, 0) is 18.6 Å². The number of nitrogens with zero attached hydrogens (tertiary/aromatic N) is 2. The molecule has 6 heteroatoms. The topological polar surface area (TPSA) is 65.4 Å². The lowest BCUT2D eigenvalue weighted by atomic mass is 10.1. The third-order valence-corrected chi connectivity index (χ3v) is 4.08. The van der Waals surface area contributed by atoms with Crippen molar-refractivity contribution in [1.82, 2.24) is 14.9 Å². The van der Waals surface area contributed by atoms with Gasteiger partial charge < -0.3 is 19.4 Å². The van der Waals surface area contributed by atoms with Crippen molar-refractivity contribution in [2.24, 2.45) is 0 Å². The lowest BCUT2D eigenvalue weighted by molar-refractivity contribution is -0.131. The summed E-state index contributed by atoms with van der Waals surface area (Å²) in [6.07, 6.45) is 4.92. The zero-order chi connectivity index (χ0) is 14.9. The highest BCUT2D eigenvalue weighted by Crippen LogP contribution is 2.30. The van der Waals surface area contributed by atoms with E-state index in [1.54, 1.807) is 6.20 Å². The van der Waals surface area contributed by atoms with Crippen molar-refractivity contribution in [1.29, 1.82) is 0 Å². The summed E-state index contributed by atoms with van der Waals surface area (Å²) in [7, 11) is 0. The van der Waals surface area contributed by atoms with E-state index in [1.807, 2.05) is 30.5 Å². The third-order valence-electron chi connectivity index (χ3n) is 4.08. The predicted octanol–water partition coefficient (Wildman–Crippen LogP) is 1.15. The highest BCUT2D eigenvalue weighted by Gasteiger charge is 2.29. The number of carbonyl (C=O) groups excluding carboxylic acids is 1. The summed E-state index contributed by atoms with van der Waals surface area (Å²) in [6, 6.07) is 7.51. The van der Waals surface area contributed by atoms with Crippen LogP contribution in [0.2, 0.25) is 0 Å². The largest absolute Gasteiger partial charge is 0.485 e. The molecule has 4 rings (SSSR count). The van der Waals surface area contributed by atoms with Gasteiger partial charge in [0.15, 0.2) is 11.5 Å². The molecule has 0 fully saturated rings. The first-order chi connectivity index (χ1) is 10.8. The minimum atomic E-state index is -0.598. The van der Waals surface area contributed by atoms with E-state index < -0.39 is 6.10 Å². The molecule has 0 spiro atoms. The lowest BCUT2D eigenvalue weighted by Crippen LogP contribution is -2.49. The number of rotatable bonds is 2. The summed E-state index contributed by atoms with van der Waals surface area (Å²) >= 11 is 0. The van der Waals surface area contributed by atoms with Gasteiger partial charge in [0.25, 0.3) is 5.91 Å². The monoisotopic (exact) mass is 299 g/mol. The van der Waals surface area contributed by atoms with Gasteiger partial charge in [0.2, 0.25) is 6.10 Å². The van der Waals surface area contributed by atoms with Crippen molar-refractivity contribution in [2.45, 2.75) is 31.5 Å². The van der Waals surface area contributed by atoms with E-state index in [4.69, 9.17) is 9.47 Å². The van der Waals surface area contributed by atoms with Crippen LogP contribution >= 0.6 is 0 Å². The number of fused-ring (bicyclic) bond motifs is 2. The van der Waals surface area contributed by atoms with Crippen molar-refractivity contribution in [2.75, 3.05) is 6.61 Å². The molecule has 2 aromatic rings. The first-order valence-electron chi connectivity index (χ1n) is 7.48. The van der Waals surface area contributed by atoms with Gasteiger partial charge in [0.1, 0.15) is 12.4 Å². The highest BCUT2D eigenvalue weighted by atomic mass is 16.6. The zero-order valence-electron chi connectivity index (χ0n) is 12.1. The van der Waals surface area contributed by atoms with Crippen LogP contribution in [0.4, 0.5) is 0 Å². The van der Waals surface area contributed by atoms with Crippen LogP contribution in [0.25, 0.3) is 0 Å². The number of benzene rings is 1. The molecular formula is C16H17N3O3. The van der Waals surface area contributed by atoms with Crippen LogP contribution in [0.3, 0.4) is 0 Å². The van der Waals surface area contributed by atoms with Crippen LogP contribution < -0.4 is 14.8 Å². The number of para-hydroxylation sites is 2. The summed E-state index contributed by atoms with van der Waals surface area (Å²) in [4.78, 5) is 16.7. The maximum Gasteiger partial charge on any atom is 0.264 e. The van der Waals surface area contributed by atoms with Gasteiger partial charge in [0, 0.05) is 31.4 Å². The summed E-state index contributed by atoms with van der Waals surface area (Å²) in [6.45, 7) is 0.997. The number of hydrogen-bond acceptors (Lipinski definition) is 4. The summed E-state index contributed by atoms with van der Waals surface area (Å²) < 4.78 is 13.4. The van der Waals surface area contributed by atoms with Gasteiger partial charge in [-0.2, -0.15) is 0 Å². The van der Waals surface area contributed by atoms with Gasteiger partial charge in [0.05, 0.1) is 0 Å². The standard InChI is InChI=1S/C16H17N3O3/c20-16(14-10-21-12-3-1-2-4-13(12)22-14)18-11-5-6-15-17-7-8-19(15)9-11/h1-4,7-8,11,14H,5-6,9-10H2,(H,18,20)/t11-,14+/m1/s1. The minimum Gasteiger partial charge on any atom is -0.485 e. The van der Waals surface area contributed by atoms with E-state index in [0.717, 1.165) is 25.2 Å². The Kier molecular flexibility index (Phi) is 3.21. The highest BCUT2D eigenvalue weighted by molar-refractivity contribution is 5.82. The summed E-state index contributed by atoms with van der Waals surface area (Å²) in [5, 5.41) is 3.06. The fourth-order valence-electron chi connectivity index (χ4n) is 2.93. The normalized spacial score (nSPS) is 22.7. The van der Waals surface area contributed by atoms with Crippen molar-refractivity contribution in [3.8, 4) is 11.5 Å². The van der Waals surface area contributed by atoms with E-state index in [-0.39, 0.29) is 18.6 Å². The molecular weight excluding hydrogens is 282 g/mol. The molecule has 1 amide bonds. The van der Waals surface area contributed by atoms with Gasteiger partial charge >= 0.3 is 0 Å². The Morgan fingerprint density at radius 1 is 1.32 bits per heavy atom. The Morgan fingerprint density at radius 2 is 2.18 bits per heavy atom. The van der Waals surface area contributed by atoms with Crippen molar-refractivity contribution >= 4 is 5.91 Å². The number of imidazole rings is 1. The second-order valence-electron chi connectivity index (χ2n) is 5.60. The van der Waals surface area contributed by atoms with E-state index in [0.29, 0.717) is 11.5 Å². The molecule has 2 aliphatic heterocycles. The minimum absolute atomic E-state index is 0.106. The second-order valence-corrected chi connectivity index (χ2v) is 5.60. The number of nitrogens with one attached hydrogen (secondary N) is 1. The maximum atomic E-state index is 12.4. The Morgan fingerprint density at radius 3 is 3.09 bits per heavy atom. The molecule has 0 aliphatic carbocycles. The molecule has 1 aromatic carbocycles. The van der Waals surface area contributed by atoms with Crippen LogP contribution in [0.5, 0.6) is 11.5 Å². The fraction of sp³-hybridized carbons (Fsp3) is 0.375. The first kappa shape index (κ1) is 13.2. The molecule has 22 heavy (non-hydrogen) atoms. The average Bonchev–Trinajstić information content (AvgIpc) is 3.02. The molecule has 2 atom stereocenters. The smallest absolute Gasteiger partial charge is 0.264 e. The van der Waals surface area contributed by atoms with Crippen LogP contribution in [-0.4, -0.2) is 34.2 Å². The lowest BCUT2D eigenvalue weighted by Gasteiger charge is -2.29. The Hall–Kier alpha value is -2.50. The van der Waals surface area contributed by atoms with Crippen molar-refractivity contribution in [3.63, 3.8) is 0 Å². The van der Waals surface area contributed by atoms with Crippen LogP contribution in [0, 0.1) is 0 Å². The number of hydrogen-bond donors (Lipinski definition) is 1. The quantitative estimate of drug-likeness (QED) is 0.903. The number of ether oxygens (including phenoxy) is 2. The molecule has 6 nitrogen and oxygen atoms in total. The van der Waals surface area contributed by atoms with E-state index in [2.05, 4.69) is 14.9 Å². The number of carbonyl (C=O) groups is 1.